The van der Waals surface area contributed by atoms with E-state index in [1.807, 2.05) is 0 Å². The van der Waals surface area contributed by atoms with Gasteiger partial charge in [-0.3, -0.25) is 10.1 Å². The number of aromatic nitrogens is 2. The summed E-state index contributed by atoms with van der Waals surface area (Å²) in [4.78, 5) is 15.4. The third kappa shape index (κ3) is 2.37. The van der Waals surface area contributed by atoms with Gasteiger partial charge in [-0.2, -0.15) is 0 Å². The summed E-state index contributed by atoms with van der Waals surface area (Å²) in [6, 6.07) is 0. The van der Waals surface area contributed by atoms with Crippen LogP contribution < -0.4 is 5.32 Å². The van der Waals surface area contributed by atoms with Gasteiger partial charge in [-0.15, -0.1) is 0 Å². The first-order chi connectivity index (χ1) is 7.46. The first kappa shape index (κ1) is 11.0. The Balaban J connectivity index is 1.80. The molecule has 4 nitrogen and oxygen atoms in total. The highest BCUT2D eigenvalue weighted by molar-refractivity contribution is 5.89. The fourth-order valence-electron chi connectivity index (χ4n) is 1.85. The SMILES string of the molecule is Cn1ccnc1NC(=O)CC1CC(F)(F)C1. The number of carbonyl (C=O) groups excluding carboxylic acids is 1. The van der Waals surface area contributed by atoms with Gasteiger partial charge in [0.25, 0.3) is 0 Å². The van der Waals surface area contributed by atoms with Crippen molar-refractivity contribution < 1.29 is 13.6 Å². The van der Waals surface area contributed by atoms with Crippen LogP contribution in [0.3, 0.4) is 0 Å². The Morgan fingerprint density at radius 2 is 2.38 bits per heavy atom. The van der Waals surface area contributed by atoms with Gasteiger partial charge in [0, 0.05) is 38.7 Å². The molecule has 0 bridgehead atoms. The average molecular weight is 229 g/mol. The Bertz CT molecular complexity index is 395. The fraction of sp³-hybridized carbons (Fsp3) is 0.600. The van der Waals surface area contributed by atoms with Crippen LogP contribution in [0.5, 0.6) is 0 Å². The molecule has 16 heavy (non-hydrogen) atoms. The zero-order valence-corrected chi connectivity index (χ0v) is 8.91. The average Bonchev–Trinajstić information content (AvgIpc) is 2.48. The van der Waals surface area contributed by atoms with E-state index in [1.54, 1.807) is 24.0 Å². The van der Waals surface area contributed by atoms with Gasteiger partial charge in [0.05, 0.1) is 0 Å². The number of carbonyl (C=O) groups is 1. The summed E-state index contributed by atoms with van der Waals surface area (Å²) >= 11 is 0. The molecule has 1 aliphatic rings. The summed E-state index contributed by atoms with van der Waals surface area (Å²) < 4.78 is 26.7. The molecule has 0 aliphatic heterocycles. The van der Waals surface area contributed by atoms with Gasteiger partial charge < -0.3 is 4.57 Å². The molecule has 88 valence electrons. The number of hydrogen-bond donors (Lipinski definition) is 1. The predicted molar refractivity (Wildman–Crippen MR) is 54.1 cm³/mol. The van der Waals surface area contributed by atoms with Crippen molar-refractivity contribution in [2.24, 2.45) is 13.0 Å². The first-order valence-corrected chi connectivity index (χ1v) is 5.11. The standard InChI is InChI=1S/C10H13F2N3O/c1-15-3-2-13-9(15)14-8(16)4-7-5-10(11,12)6-7/h2-3,7H,4-6H2,1H3,(H,13,14,16). The summed E-state index contributed by atoms with van der Waals surface area (Å²) in [5.41, 5.74) is 0. The quantitative estimate of drug-likeness (QED) is 0.859. The van der Waals surface area contributed by atoms with Gasteiger partial charge in [-0.25, -0.2) is 13.8 Å². The van der Waals surface area contributed by atoms with E-state index in [9.17, 15) is 13.6 Å². The Kier molecular flexibility index (Phi) is 2.65. The molecule has 2 rings (SSSR count). The molecule has 1 fully saturated rings. The van der Waals surface area contributed by atoms with Crippen molar-refractivity contribution in [2.45, 2.75) is 25.2 Å². The summed E-state index contributed by atoms with van der Waals surface area (Å²) in [7, 11) is 1.75. The highest BCUT2D eigenvalue weighted by Gasteiger charge is 2.45. The number of aryl methyl sites for hydroxylation is 1. The summed E-state index contributed by atoms with van der Waals surface area (Å²) in [5.74, 6) is -2.57. The number of rotatable bonds is 3. The van der Waals surface area contributed by atoms with Crippen LogP contribution in [0.4, 0.5) is 14.7 Å². The predicted octanol–water partition coefficient (Wildman–Crippen LogP) is 1.79. The van der Waals surface area contributed by atoms with E-state index < -0.39 is 5.92 Å². The highest BCUT2D eigenvalue weighted by atomic mass is 19.3. The van der Waals surface area contributed by atoms with Crippen molar-refractivity contribution in [1.82, 2.24) is 9.55 Å². The van der Waals surface area contributed by atoms with Crippen LogP contribution in [0.2, 0.25) is 0 Å². The number of halogens is 2. The smallest absolute Gasteiger partial charge is 0.248 e. The normalized spacial score (nSPS) is 19.2. The van der Waals surface area contributed by atoms with Crippen molar-refractivity contribution in [3.05, 3.63) is 12.4 Å². The minimum Gasteiger partial charge on any atom is -0.320 e. The second-order valence-corrected chi connectivity index (χ2v) is 4.24. The van der Waals surface area contributed by atoms with Crippen LogP contribution in [-0.4, -0.2) is 21.4 Å². The molecule has 0 saturated heterocycles. The monoisotopic (exact) mass is 229 g/mol. The summed E-state index contributed by atoms with van der Waals surface area (Å²) in [6.45, 7) is 0. The van der Waals surface area contributed by atoms with E-state index in [2.05, 4.69) is 10.3 Å². The van der Waals surface area contributed by atoms with Crippen LogP contribution in [0.1, 0.15) is 19.3 Å². The number of imidazole rings is 1. The molecule has 1 aromatic heterocycles. The van der Waals surface area contributed by atoms with Gasteiger partial charge in [-0.1, -0.05) is 0 Å². The molecule has 6 heteroatoms. The van der Waals surface area contributed by atoms with Crippen molar-refractivity contribution in [3.8, 4) is 0 Å². The van der Waals surface area contributed by atoms with E-state index in [1.165, 1.54) is 0 Å². The molecular formula is C10H13F2N3O. The third-order valence-electron chi connectivity index (χ3n) is 2.72. The van der Waals surface area contributed by atoms with Gasteiger partial charge in [0.1, 0.15) is 0 Å². The van der Waals surface area contributed by atoms with E-state index in [-0.39, 0.29) is 31.1 Å². The molecule has 1 N–H and O–H groups in total. The number of anilines is 1. The van der Waals surface area contributed by atoms with Crippen molar-refractivity contribution in [2.75, 3.05) is 5.32 Å². The molecule has 0 atom stereocenters. The summed E-state index contributed by atoms with van der Waals surface area (Å²) in [6.07, 6.45) is 3.05. The van der Waals surface area contributed by atoms with E-state index >= 15 is 0 Å². The number of nitrogens with zero attached hydrogens (tertiary/aromatic N) is 2. The first-order valence-electron chi connectivity index (χ1n) is 5.11. The van der Waals surface area contributed by atoms with E-state index in [4.69, 9.17) is 0 Å². The minimum absolute atomic E-state index is 0.141. The molecule has 0 radical (unpaired) electrons. The van der Waals surface area contributed by atoms with Crippen LogP contribution in [-0.2, 0) is 11.8 Å². The Hall–Kier alpha value is -1.46. The van der Waals surface area contributed by atoms with Gasteiger partial charge in [-0.05, 0) is 5.92 Å². The van der Waals surface area contributed by atoms with Crippen LogP contribution in [0.25, 0.3) is 0 Å². The zero-order chi connectivity index (χ0) is 11.8. The maximum Gasteiger partial charge on any atom is 0.248 e. The van der Waals surface area contributed by atoms with Crippen LogP contribution >= 0.6 is 0 Å². The lowest BCUT2D eigenvalue weighted by atomic mass is 9.79. The molecule has 1 aliphatic carbocycles. The van der Waals surface area contributed by atoms with E-state index in [0.717, 1.165) is 0 Å². The minimum atomic E-state index is -2.56. The lowest BCUT2D eigenvalue weighted by Gasteiger charge is -2.34. The maximum atomic E-state index is 12.5. The van der Waals surface area contributed by atoms with Crippen molar-refractivity contribution >= 4 is 11.9 Å². The maximum absolute atomic E-state index is 12.5. The molecule has 1 heterocycles. The number of nitrogens with one attached hydrogen (secondary N) is 1. The number of hydrogen-bond acceptors (Lipinski definition) is 2. The second kappa shape index (κ2) is 3.84. The molecule has 1 aromatic rings. The van der Waals surface area contributed by atoms with Gasteiger partial charge in [0.2, 0.25) is 17.8 Å². The topological polar surface area (TPSA) is 46.9 Å². The Labute approximate surface area is 91.7 Å². The van der Waals surface area contributed by atoms with Crippen LogP contribution in [0, 0.1) is 5.92 Å². The van der Waals surface area contributed by atoms with E-state index in [0.29, 0.717) is 5.95 Å². The summed E-state index contributed by atoms with van der Waals surface area (Å²) in [5, 5.41) is 2.58. The van der Waals surface area contributed by atoms with Gasteiger partial charge in [0.15, 0.2) is 0 Å². The lowest BCUT2D eigenvalue weighted by Crippen LogP contribution is -2.37. The van der Waals surface area contributed by atoms with Gasteiger partial charge >= 0.3 is 0 Å². The molecule has 1 saturated carbocycles. The second-order valence-electron chi connectivity index (χ2n) is 4.24. The van der Waals surface area contributed by atoms with Crippen molar-refractivity contribution in [3.63, 3.8) is 0 Å². The third-order valence-corrected chi connectivity index (χ3v) is 2.72. The molecule has 0 aromatic carbocycles. The Morgan fingerprint density at radius 3 is 2.88 bits per heavy atom. The largest absolute Gasteiger partial charge is 0.320 e. The Morgan fingerprint density at radius 1 is 1.69 bits per heavy atom. The zero-order valence-electron chi connectivity index (χ0n) is 8.91. The number of alkyl halides is 2. The highest BCUT2D eigenvalue weighted by Crippen LogP contribution is 2.43. The van der Waals surface area contributed by atoms with Crippen LogP contribution in [0.15, 0.2) is 12.4 Å². The molecule has 1 amide bonds. The molecular weight excluding hydrogens is 216 g/mol. The molecule has 0 spiro atoms. The lowest BCUT2D eigenvalue weighted by molar-refractivity contribution is -0.129. The fourth-order valence-corrected chi connectivity index (χ4v) is 1.85. The molecule has 0 unspecified atom stereocenters. The van der Waals surface area contributed by atoms with Crippen molar-refractivity contribution in [1.29, 1.82) is 0 Å². The number of amides is 1.